The molecule has 1 aromatic heterocycles. The number of rotatable bonds is 3. The van der Waals surface area contributed by atoms with E-state index < -0.39 is 0 Å². The van der Waals surface area contributed by atoms with Crippen LogP contribution in [0.2, 0.25) is 0 Å². The second kappa shape index (κ2) is 7.29. The number of nitrogens with zero attached hydrogens (tertiary/aromatic N) is 4. The largest absolute Gasteiger partial charge is 0.370 e. The minimum atomic E-state index is 0.296. The summed E-state index contributed by atoms with van der Waals surface area (Å²) in [4.78, 5) is 15.3. The van der Waals surface area contributed by atoms with Crippen molar-refractivity contribution >= 4 is 23.3 Å². The Morgan fingerprint density at radius 3 is 2.46 bits per heavy atom. The van der Waals surface area contributed by atoms with E-state index in [9.17, 15) is 0 Å². The molecule has 3 N–H and O–H groups in total. The first-order valence-corrected chi connectivity index (χ1v) is 8.39. The molecule has 0 spiro atoms. The van der Waals surface area contributed by atoms with Crippen LogP contribution in [0.5, 0.6) is 0 Å². The van der Waals surface area contributed by atoms with E-state index >= 15 is 0 Å². The molecule has 2 aromatic rings. The normalized spacial score (nSPS) is 15.4. The summed E-state index contributed by atoms with van der Waals surface area (Å²) in [5.74, 6) is 0.678. The number of anilines is 2. The van der Waals surface area contributed by atoms with Crippen molar-refractivity contribution in [1.29, 1.82) is 0 Å². The first-order valence-electron chi connectivity index (χ1n) is 8.39. The van der Waals surface area contributed by atoms with Gasteiger partial charge in [-0.3, -0.25) is 0 Å². The number of aromatic nitrogens is 2. The van der Waals surface area contributed by atoms with Crippen LogP contribution < -0.4 is 16.0 Å². The number of hydrogen-bond acceptors (Lipinski definition) is 4. The Hall–Kier alpha value is -2.63. The zero-order chi connectivity index (χ0) is 16.9. The molecule has 1 aromatic carbocycles. The Labute approximate surface area is 142 Å². The maximum Gasteiger partial charge on any atom is 0.253 e. The third-order valence-electron chi connectivity index (χ3n) is 4.05. The number of aliphatic imine (C=N–C) groups is 1. The second-order valence-electron chi connectivity index (χ2n) is 6.14. The van der Waals surface area contributed by atoms with Crippen molar-refractivity contribution in [3.05, 3.63) is 41.7 Å². The van der Waals surface area contributed by atoms with Gasteiger partial charge in [-0.1, -0.05) is 12.1 Å². The first-order chi connectivity index (χ1) is 11.6. The maximum atomic E-state index is 6.08. The molecule has 1 fully saturated rings. The zero-order valence-corrected chi connectivity index (χ0v) is 14.3. The molecule has 0 saturated carbocycles. The van der Waals surface area contributed by atoms with E-state index in [0.29, 0.717) is 11.9 Å². The van der Waals surface area contributed by atoms with Crippen molar-refractivity contribution < 1.29 is 0 Å². The fraction of sp³-hybridized carbons (Fsp3) is 0.389. The van der Waals surface area contributed by atoms with Crippen LogP contribution in [-0.2, 0) is 0 Å². The first kappa shape index (κ1) is 16.2. The molecule has 0 bridgehead atoms. The Bertz CT molecular complexity index is 714. The Morgan fingerprint density at radius 2 is 1.75 bits per heavy atom. The van der Waals surface area contributed by atoms with Gasteiger partial charge < -0.3 is 16.0 Å². The molecular weight excluding hydrogens is 300 g/mol. The van der Waals surface area contributed by atoms with Crippen LogP contribution in [0.15, 0.2) is 35.3 Å². The molecule has 1 aliphatic heterocycles. The van der Waals surface area contributed by atoms with Gasteiger partial charge in [-0.15, -0.1) is 0 Å². The summed E-state index contributed by atoms with van der Waals surface area (Å²) in [6, 6.07) is 10.1. The van der Waals surface area contributed by atoms with Gasteiger partial charge in [0.15, 0.2) is 0 Å². The van der Waals surface area contributed by atoms with Crippen molar-refractivity contribution in [2.24, 2.45) is 10.7 Å². The lowest BCUT2D eigenvalue weighted by Crippen LogP contribution is -2.31. The maximum absolute atomic E-state index is 6.08. The molecule has 0 atom stereocenters. The monoisotopic (exact) mass is 324 g/mol. The Morgan fingerprint density at radius 1 is 1.08 bits per heavy atom. The number of nitrogens with one attached hydrogen (secondary N) is 1. The molecule has 0 amide bonds. The van der Waals surface area contributed by atoms with E-state index in [2.05, 4.69) is 37.3 Å². The lowest BCUT2D eigenvalue weighted by atomic mass is 10.1. The van der Waals surface area contributed by atoms with Gasteiger partial charge in [0.05, 0.1) is 11.4 Å². The molecule has 0 radical (unpaired) electrons. The van der Waals surface area contributed by atoms with Gasteiger partial charge in [-0.2, -0.15) is 4.99 Å². The molecule has 1 saturated heterocycles. The lowest BCUT2D eigenvalue weighted by molar-refractivity contribution is 0.578. The number of benzene rings is 1. The number of para-hydroxylation sites is 2. The Kier molecular flexibility index (Phi) is 4.93. The number of guanidine groups is 1. The van der Waals surface area contributed by atoms with E-state index in [0.717, 1.165) is 35.9 Å². The molecule has 2 heterocycles. The molecule has 6 heteroatoms. The van der Waals surface area contributed by atoms with E-state index in [1.54, 1.807) is 0 Å². The summed E-state index contributed by atoms with van der Waals surface area (Å²) in [5, 5.41) is 3.20. The molecule has 0 unspecified atom stereocenters. The highest BCUT2D eigenvalue weighted by Gasteiger charge is 2.14. The molecule has 6 nitrogen and oxygen atoms in total. The number of aryl methyl sites for hydroxylation is 2. The number of hydrogen-bond donors (Lipinski definition) is 2. The van der Waals surface area contributed by atoms with Gasteiger partial charge in [0, 0.05) is 24.5 Å². The van der Waals surface area contributed by atoms with Crippen LogP contribution in [0, 0.1) is 13.8 Å². The van der Waals surface area contributed by atoms with Crippen LogP contribution in [0.3, 0.4) is 0 Å². The minimum absolute atomic E-state index is 0.296. The second-order valence-corrected chi connectivity index (χ2v) is 6.14. The standard InChI is InChI=1S/C18H24N6/c1-13-12-14(2)21-18(20-13)23-17(19)22-15-8-4-5-9-16(15)24-10-6-3-7-11-24/h4-5,8-9,12H,3,6-7,10-11H2,1-2H3,(H3,19,20,21,22,23). The number of piperidine rings is 1. The van der Waals surface area contributed by atoms with Crippen molar-refractivity contribution in [2.45, 2.75) is 33.1 Å². The molecule has 0 aliphatic carbocycles. The van der Waals surface area contributed by atoms with E-state index in [4.69, 9.17) is 5.73 Å². The van der Waals surface area contributed by atoms with Gasteiger partial charge in [0.1, 0.15) is 0 Å². The van der Waals surface area contributed by atoms with E-state index in [1.807, 2.05) is 32.0 Å². The molecular formula is C18H24N6. The average Bonchev–Trinajstić information content (AvgIpc) is 2.55. The van der Waals surface area contributed by atoms with Gasteiger partial charge in [0.2, 0.25) is 5.96 Å². The van der Waals surface area contributed by atoms with E-state index in [1.165, 1.54) is 19.3 Å². The summed E-state index contributed by atoms with van der Waals surface area (Å²) in [6.07, 6.45) is 3.77. The van der Waals surface area contributed by atoms with Crippen molar-refractivity contribution in [2.75, 3.05) is 23.3 Å². The highest BCUT2D eigenvalue weighted by Crippen LogP contribution is 2.28. The zero-order valence-electron chi connectivity index (χ0n) is 14.3. The third kappa shape index (κ3) is 4.01. The van der Waals surface area contributed by atoms with Gasteiger partial charge in [-0.05, 0) is 51.3 Å². The summed E-state index contributed by atoms with van der Waals surface area (Å²) < 4.78 is 0. The quantitative estimate of drug-likeness (QED) is 0.670. The summed E-state index contributed by atoms with van der Waals surface area (Å²) in [7, 11) is 0. The van der Waals surface area contributed by atoms with Gasteiger partial charge >= 0.3 is 0 Å². The average molecular weight is 324 g/mol. The molecule has 3 rings (SSSR count). The highest BCUT2D eigenvalue weighted by atomic mass is 15.2. The predicted molar refractivity (Wildman–Crippen MR) is 98.9 cm³/mol. The van der Waals surface area contributed by atoms with Crippen LogP contribution in [0.1, 0.15) is 30.7 Å². The van der Waals surface area contributed by atoms with Crippen LogP contribution in [0.4, 0.5) is 17.3 Å². The fourth-order valence-corrected chi connectivity index (χ4v) is 3.02. The summed E-state index contributed by atoms with van der Waals surface area (Å²) >= 11 is 0. The number of nitrogens with two attached hydrogens (primary N) is 1. The van der Waals surface area contributed by atoms with Crippen LogP contribution in [-0.4, -0.2) is 29.0 Å². The fourth-order valence-electron chi connectivity index (χ4n) is 3.02. The topological polar surface area (TPSA) is 79.4 Å². The SMILES string of the molecule is Cc1cc(C)nc(N=C(N)Nc2ccccc2N2CCCCC2)n1. The van der Waals surface area contributed by atoms with Gasteiger partial charge in [-0.25, -0.2) is 9.97 Å². The Balaban J connectivity index is 1.81. The summed E-state index contributed by atoms with van der Waals surface area (Å²) in [5.41, 5.74) is 9.96. The smallest absolute Gasteiger partial charge is 0.253 e. The van der Waals surface area contributed by atoms with Gasteiger partial charge in [0.25, 0.3) is 5.95 Å². The summed E-state index contributed by atoms with van der Waals surface area (Å²) in [6.45, 7) is 6.00. The van der Waals surface area contributed by atoms with Crippen LogP contribution in [0.25, 0.3) is 0 Å². The van der Waals surface area contributed by atoms with Crippen molar-refractivity contribution in [3.63, 3.8) is 0 Å². The third-order valence-corrected chi connectivity index (χ3v) is 4.05. The van der Waals surface area contributed by atoms with Crippen molar-refractivity contribution in [1.82, 2.24) is 9.97 Å². The van der Waals surface area contributed by atoms with Crippen molar-refractivity contribution in [3.8, 4) is 0 Å². The minimum Gasteiger partial charge on any atom is -0.370 e. The molecule has 24 heavy (non-hydrogen) atoms. The lowest BCUT2D eigenvalue weighted by Gasteiger charge is -2.30. The highest BCUT2D eigenvalue weighted by molar-refractivity contribution is 5.96. The van der Waals surface area contributed by atoms with Crippen LogP contribution >= 0.6 is 0 Å². The van der Waals surface area contributed by atoms with E-state index in [-0.39, 0.29) is 0 Å². The predicted octanol–water partition coefficient (Wildman–Crippen LogP) is 3.14. The molecule has 126 valence electrons. The molecule has 1 aliphatic rings.